The standard InChI is InChI=1S/C8H11.2ClH.Rh/c1-2-4-6-8-7-5-3-1;;;/h1-2,7H,3-6H2;2*1H;/q;;;+2/p-2/b2-1-,8-7?;;;. The summed E-state index contributed by atoms with van der Waals surface area (Å²) in [6, 6.07) is 0. The molecule has 0 aromatic rings. The van der Waals surface area contributed by atoms with E-state index in [0.717, 1.165) is 0 Å². The van der Waals surface area contributed by atoms with E-state index in [2.05, 4.69) is 36.5 Å². The molecule has 1 aliphatic carbocycles. The van der Waals surface area contributed by atoms with Gasteiger partial charge in [0.05, 0.1) is 0 Å². The van der Waals surface area contributed by atoms with Crippen LogP contribution in [-0.2, 0) is 18.3 Å². The Labute approximate surface area is 91.0 Å². The van der Waals surface area contributed by atoms with Gasteiger partial charge in [0, 0.05) is 0 Å². The van der Waals surface area contributed by atoms with Crippen molar-refractivity contribution >= 4 is 0 Å². The van der Waals surface area contributed by atoms with Crippen LogP contribution in [0.4, 0.5) is 0 Å². The second-order valence-corrected chi connectivity index (χ2v) is 3.26. The zero-order valence-corrected chi connectivity index (χ0v) is 9.30. The zero-order chi connectivity index (χ0) is 6.53. The van der Waals surface area contributed by atoms with Crippen molar-refractivity contribution in [2.45, 2.75) is 25.7 Å². The molecule has 0 heterocycles. The summed E-state index contributed by atoms with van der Waals surface area (Å²) in [6.45, 7) is 0. The van der Waals surface area contributed by atoms with Crippen molar-refractivity contribution in [3.05, 3.63) is 22.4 Å². The van der Waals surface area contributed by atoms with E-state index in [-0.39, 0.29) is 24.8 Å². The van der Waals surface area contributed by atoms with Gasteiger partial charge in [-0.05, 0) is 0 Å². The average Bonchev–Trinajstić information content (AvgIpc) is 1.79. The Kier molecular flexibility index (Phi) is 11.3. The summed E-state index contributed by atoms with van der Waals surface area (Å²) < 4.78 is 1.44. The molecule has 0 amide bonds. The van der Waals surface area contributed by atoms with E-state index in [1.807, 2.05) is 0 Å². The van der Waals surface area contributed by atoms with E-state index in [9.17, 15) is 0 Å². The van der Waals surface area contributed by atoms with Gasteiger partial charge < -0.3 is 24.8 Å². The van der Waals surface area contributed by atoms with Crippen LogP contribution in [0.15, 0.2) is 22.4 Å². The molecule has 0 N–H and O–H groups in total. The van der Waals surface area contributed by atoms with Crippen LogP contribution < -0.4 is 24.8 Å². The van der Waals surface area contributed by atoms with Gasteiger partial charge in [-0.3, -0.25) is 0 Å². The first kappa shape index (κ1) is 14.2. The van der Waals surface area contributed by atoms with Gasteiger partial charge in [0.25, 0.3) is 0 Å². The van der Waals surface area contributed by atoms with Gasteiger partial charge in [0.2, 0.25) is 0 Å². The minimum absolute atomic E-state index is 0. The second-order valence-electron chi connectivity index (χ2n) is 2.21. The maximum atomic E-state index is 2.97. The molecule has 0 nitrogen and oxygen atoms in total. The van der Waals surface area contributed by atoms with Crippen LogP contribution in [0.25, 0.3) is 0 Å². The van der Waals surface area contributed by atoms with Crippen LogP contribution in [0.2, 0.25) is 0 Å². The maximum absolute atomic E-state index is 2.97. The van der Waals surface area contributed by atoms with Crippen molar-refractivity contribution in [1.29, 1.82) is 0 Å². The summed E-state index contributed by atoms with van der Waals surface area (Å²) in [5, 5.41) is 0. The quantitative estimate of drug-likeness (QED) is 0.320. The van der Waals surface area contributed by atoms with Gasteiger partial charge in [-0.2, -0.15) is 0 Å². The first-order chi connectivity index (χ1) is 4.39. The second kappa shape index (κ2) is 8.78. The Morgan fingerprint density at radius 1 is 1.00 bits per heavy atom. The van der Waals surface area contributed by atoms with Gasteiger partial charge >= 0.3 is 66.4 Å². The third-order valence-electron chi connectivity index (χ3n) is 1.40. The van der Waals surface area contributed by atoms with Crippen molar-refractivity contribution < 1.29 is 43.1 Å². The summed E-state index contributed by atoms with van der Waals surface area (Å²) in [4.78, 5) is 0. The fourth-order valence-corrected chi connectivity index (χ4v) is 1.36. The molecular formula is C8H11Cl2Rh. The first-order valence-corrected chi connectivity index (χ1v) is 4.19. The summed E-state index contributed by atoms with van der Waals surface area (Å²) in [5.74, 6) is 0. The molecule has 0 spiro atoms. The molecule has 0 fully saturated rings. The van der Waals surface area contributed by atoms with Crippen LogP contribution in [0, 0.1) is 0 Å². The summed E-state index contributed by atoms with van der Waals surface area (Å²) in [5.41, 5.74) is 0. The van der Waals surface area contributed by atoms with Crippen LogP contribution in [0.1, 0.15) is 25.7 Å². The predicted octanol–water partition coefficient (Wildman–Crippen LogP) is -3.44. The molecule has 11 heavy (non-hydrogen) atoms. The predicted molar refractivity (Wildman–Crippen MR) is 35.7 cm³/mol. The number of hydrogen-bond acceptors (Lipinski definition) is 0. The van der Waals surface area contributed by atoms with E-state index in [1.54, 1.807) is 0 Å². The molecule has 0 unspecified atom stereocenters. The topological polar surface area (TPSA) is 0 Å². The molecule has 1 aliphatic rings. The molecule has 0 atom stereocenters. The van der Waals surface area contributed by atoms with Gasteiger partial charge in [0.15, 0.2) is 0 Å². The monoisotopic (exact) mass is 280 g/mol. The third-order valence-corrected chi connectivity index (χ3v) is 2.14. The summed E-state index contributed by atoms with van der Waals surface area (Å²) >= 11 is 2.97. The third kappa shape index (κ3) is 7.06. The number of allylic oxidation sites excluding steroid dienone is 4. The zero-order valence-electron chi connectivity index (χ0n) is 6.15. The Bertz CT molecular complexity index is 141. The van der Waals surface area contributed by atoms with Crippen LogP contribution in [0.5, 0.6) is 0 Å². The van der Waals surface area contributed by atoms with Crippen molar-refractivity contribution in [3.8, 4) is 0 Å². The summed E-state index contributed by atoms with van der Waals surface area (Å²) in [6.07, 6.45) is 11.7. The Balaban J connectivity index is 0. The molecular weight excluding hydrogens is 270 g/mol. The normalized spacial score (nSPS) is 24.3. The van der Waals surface area contributed by atoms with Crippen molar-refractivity contribution in [2.75, 3.05) is 0 Å². The van der Waals surface area contributed by atoms with Gasteiger partial charge in [-0.1, -0.05) is 0 Å². The molecule has 0 saturated carbocycles. The van der Waals surface area contributed by atoms with E-state index in [1.165, 1.54) is 29.9 Å². The van der Waals surface area contributed by atoms with Crippen LogP contribution in [-0.4, -0.2) is 0 Å². The fourth-order valence-electron chi connectivity index (χ4n) is 0.882. The Morgan fingerprint density at radius 3 is 2.36 bits per heavy atom. The van der Waals surface area contributed by atoms with Crippen LogP contribution in [0.3, 0.4) is 0 Å². The molecule has 0 radical (unpaired) electrons. The van der Waals surface area contributed by atoms with Crippen molar-refractivity contribution in [1.82, 2.24) is 0 Å². The number of rotatable bonds is 0. The average molecular weight is 281 g/mol. The van der Waals surface area contributed by atoms with Crippen LogP contribution >= 0.6 is 0 Å². The van der Waals surface area contributed by atoms with E-state index in [4.69, 9.17) is 0 Å². The first-order valence-electron chi connectivity index (χ1n) is 3.37. The van der Waals surface area contributed by atoms with E-state index in [0.29, 0.717) is 0 Å². The Hall–Kier alpha value is 0.683. The molecule has 0 saturated heterocycles. The fraction of sp³-hybridized carbons (Fsp3) is 0.500. The van der Waals surface area contributed by atoms with E-state index >= 15 is 0 Å². The van der Waals surface area contributed by atoms with E-state index < -0.39 is 0 Å². The SMILES string of the molecule is [Cl-].[Cl-].[Rh+2]/[C]1=C/CC/C=C\CC1. The molecule has 0 aromatic heterocycles. The molecule has 66 valence electrons. The number of hydrogen-bond donors (Lipinski definition) is 0. The minimum atomic E-state index is 0. The molecule has 1 rings (SSSR count). The number of halogens is 2. The van der Waals surface area contributed by atoms with Gasteiger partial charge in [-0.15, -0.1) is 0 Å². The van der Waals surface area contributed by atoms with Gasteiger partial charge in [0.1, 0.15) is 0 Å². The summed E-state index contributed by atoms with van der Waals surface area (Å²) in [7, 11) is 0. The molecule has 0 aromatic carbocycles. The molecule has 0 bridgehead atoms. The molecule has 3 heteroatoms. The van der Waals surface area contributed by atoms with Crippen molar-refractivity contribution in [2.24, 2.45) is 0 Å². The molecule has 0 aliphatic heterocycles. The Morgan fingerprint density at radius 2 is 1.64 bits per heavy atom. The van der Waals surface area contributed by atoms with Crippen molar-refractivity contribution in [3.63, 3.8) is 0 Å². The van der Waals surface area contributed by atoms with Gasteiger partial charge in [-0.25, -0.2) is 0 Å².